The first-order chi connectivity index (χ1) is 18.6. The molecule has 0 bridgehead atoms. The smallest absolute Gasteiger partial charge is 0.303 e. The van der Waals surface area contributed by atoms with Crippen molar-refractivity contribution in [1.29, 1.82) is 0 Å². The quantitative estimate of drug-likeness (QED) is 0.225. The molecular weight excluding hydrogens is 511 g/mol. The second-order valence-corrected chi connectivity index (χ2v) is 14.5. The Morgan fingerprint density at radius 1 is 0.925 bits per heavy atom. The van der Waals surface area contributed by atoms with Crippen molar-refractivity contribution in [2.75, 3.05) is 0 Å². The van der Waals surface area contributed by atoms with E-state index >= 15 is 4.39 Å². The third-order valence-corrected chi connectivity index (χ3v) is 11.4. The Morgan fingerprint density at radius 2 is 1.55 bits per heavy atom. The zero-order valence-electron chi connectivity index (χ0n) is 25.9. The molecule has 7 heteroatoms. The number of halogens is 1. The number of ether oxygens (including phenoxy) is 3. The summed E-state index contributed by atoms with van der Waals surface area (Å²) in [6.07, 6.45) is 7.62. The van der Waals surface area contributed by atoms with Crippen LogP contribution in [0.4, 0.5) is 4.39 Å². The average Bonchev–Trinajstić information content (AvgIpc) is 3.17. The van der Waals surface area contributed by atoms with E-state index in [2.05, 4.69) is 20.8 Å². The summed E-state index contributed by atoms with van der Waals surface area (Å²) in [6.45, 7) is 15.2. The van der Waals surface area contributed by atoms with Gasteiger partial charge in [-0.15, -0.1) is 0 Å². The molecule has 0 aromatic rings. The molecule has 3 fully saturated rings. The summed E-state index contributed by atoms with van der Waals surface area (Å²) < 4.78 is 33.2. The Labute approximate surface area is 240 Å². The third kappa shape index (κ3) is 5.86. The minimum absolute atomic E-state index is 0.0135. The standard InChI is InChI=1S/C33H51FO6/c1-19(10-9-15-31(5,6)40-22(4)37)23-11-12-24-29-25(13-16-32(23,24)7)33(8)17-14-28(38-20(2)35)30(39-21(3)36)26(33)18-27(29)34/h19,23-26,28,30H,9-18H2,1-8H3/t19-,23-,24+,25+,26+,28+,30-,32-,33-/m1/s1. The lowest BCUT2D eigenvalue weighted by Gasteiger charge is -2.59. The number of allylic oxidation sites excluding steroid dienone is 2. The van der Waals surface area contributed by atoms with Gasteiger partial charge in [0.15, 0.2) is 0 Å². The van der Waals surface area contributed by atoms with Crippen LogP contribution >= 0.6 is 0 Å². The van der Waals surface area contributed by atoms with Crippen LogP contribution in [0, 0.1) is 40.4 Å². The van der Waals surface area contributed by atoms with Crippen molar-refractivity contribution in [2.45, 2.75) is 137 Å². The van der Waals surface area contributed by atoms with Gasteiger partial charge in [0.1, 0.15) is 23.6 Å². The molecule has 6 nitrogen and oxygen atoms in total. The second-order valence-electron chi connectivity index (χ2n) is 14.5. The highest BCUT2D eigenvalue weighted by atomic mass is 19.1. The van der Waals surface area contributed by atoms with E-state index in [9.17, 15) is 14.4 Å². The Morgan fingerprint density at radius 3 is 2.17 bits per heavy atom. The average molecular weight is 563 g/mol. The van der Waals surface area contributed by atoms with Crippen LogP contribution in [-0.2, 0) is 28.6 Å². The zero-order chi connectivity index (χ0) is 29.6. The first-order valence-electron chi connectivity index (χ1n) is 15.5. The summed E-state index contributed by atoms with van der Waals surface area (Å²) in [5.41, 5.74) is 0.466. The zero-order valence-corrected chi connectivity index (χ0v) is 25.9. The van der Waals surface area contributed by atoms with Gasteiger partial charge in [-0.3, -0.25) is 14.4 Å². The molecule has 0 aromatic heterocycles. The molecule has 4 aliphatic rings. The summed E-state index contributed by atoms with van der Waals surface area (Å²) in [5, 5.41) is 0. The molecule has 0 saturated heterocycles. The van der Waals surface area contributed by atoms with Crippen molar-refractivity contribution in [3.05, 3.63) is 11.4 Å². The maximum absolute atomic E-state index is 16.3. The van der Waals surface area contributed by atoms with Gasteiger partial charge in [0.25, 0.3) is 0 Å². The number of esters is 3. The van der Waals surface area contributed by atoms with E-state index in [-0.39, 0.29) is 46.8 Å². The molecule has 0 amide bonds. The van der Waals surface area contributed by atoms with Crippen LogP contribution < -0.4 is 0 Å². The predicted molar refractivity (Wildman–Crippen MR) is 151 cm³/mol. The fraction of sp³-hybridized carbons (Fsp3) is 0.848. The fourth-order valence-electron chi connectivity index (χ4n) is 9.70. The largest absolute Gasteiger partial charge is 0.460 e. The molecule has 0 aromatic carbocycles. The molecule has 0 aliphatic heterocycles. The summed E-state index contributed by atoms with van der Waals surface area (Å²) in [6, 6.07) is 0. The van der Waals surface area contributed by atoms with Gasteiger partial charge in [-0.25, -0.2) is 4.39 Å². The number of fused-ring (bicyclic) bond motifs is 5. The van der Waals surface area contributed by atoms with Gasteiger partial charge < -0.3 is 14.2 Å². The van der Waals surface area contributed by atoms with E-state index in [0.29, 0.717) is 18.3 Å². The molecule has 4 rings (SSSR count). The van der Waals surface area contributed by atoms with Crippen LogP contribution in [0.1, 0.15) is 120 Å². The lowest BCUT2D eigenvalue weighted by molar-refractivity contribution is -0.190. The van der Waals surface area contributed by atoms with Crippen molar-refractivity contribution in [2.24, 2.45) is 40.4 Å². The Kier molecular flexibility index (Phi) is 8.84. The minimum atomic E-state index is -0.617. The Balaban J connectivity index is 1.53. The summed E-state index contributed by atoms with van der Waals surface area (Å²) in [5.74, 6) is 0.155. The molecule has 40 heavy (non-hydrogen) atoms. The van der Waals surface area contributed by atoms with Crippen molar-refractivity contribution in [3.63, 3.8) is 0 Å². The molecule has 9 atom stereocenters. The number of hydrogen-bond acceptors (Lipinski definition) is 6. The van der Waals surface area contributed by atoms with Crippen LogP contribution in [0.2, 0.25) is 0 Å². The molecule has 0 unspecified atom stereocenters. The molecule has 0 spiro atoms. The normalized spacial score (nSPS) is 38.0. The van der Waals surface area contributed by atoms with Crippen molar-refractivity contribution < 1.29 is 33.0 Å². The lowest BCUT2D eigenvalue weighted by atomic mass is 9.47. The Bertz CT molecular complexity index is 1030. The maximum atomic E-state index is 16.3. The molecule has 0 radical (unpaired) electrons. The maximum Gasteiger partial charge on any atom is 0.303 e. The molecule has 3 saturated carbocycles. The van der Waals surface area contributed by atoms with Gasteiger partial charge in [0.05, 0.1) is 0 Å². The van der Waals surface area contributed by atoms with E-state index in [4.69, 9.17) is 14.2 Å². The van der Waals surface area contributed by atoms with Crippen LogP contribution in [0.5, 0.6) is 0 Å². The third-order valence-electron chi connectivity index (χ3n) is 11.4. The highest BCUT2D eigenvalue weighted by molar-refractivity contribution is 5.67. The molecular formula is C33H51FO6. The van der Waals surface area contributed by atoms with Crippen LogP contribution in [0.25, 0.3) is 0 Å². The van der Waals surface area contributed by atoms with Crippen molar-refractivity contribution >= 4 is 17.9 Å². The lowest BCUT2D eigenvalue weighted by Crippen LogP contribution is -2.57. The minimum Gasteiger partial charge on any atom is -0.460 e. The van der Waals surface area contributed by atoms with Crippen molar-refractivity contribution in [3.8, 4) is 0 Å². The summed E-state index contributed by atoms with van der Waals surface area (Å²) in [7, 11) is 0. The van der Waals surface area contributed by atoms with E-state index in [1.165, 1.54) is 20.8 Å². The molecule has 4 aliphatic carbocycles. The van der Waals surface area contributed by atoms with E-state index in [1.807, 2.05) is 13.8 Å². The summed E-state index contributed by atoms with van der Waals surface area (Å²) in [4.78, 5) is 35.3. The molecule has 0 N–H and O–H groups in total. The van der Waals surface area contributed by atoms with E-state index in [0.717, 1.165) is 56.9 Å². The van der Waals surface area contributed by atoms with Gasteiger partial charge in [0.2, 0.25) is 0 Å². The topological polar surface area (TPSA) is 78.9 Å². The van der Waals surface area contributed by atoms with Gasteiger partial charge in [-0.2, -0.15) is 0 Å². The van der Waals surface area contributed by atoms with E-state index in [1.54, 1.807) is 0 Å². The molecule has 226 valence electrons. The SMILES string of the molecule is CC(=O)O[C@H]1[C@@H](OC(C)=O)CC[C@]2(C)[C@H]3CC[C@]4(C)[C@@H]([C@H](C)CCCC(C)(C)OC(C)=O)CC[C@H]4C3=C(F)C[C@@H]12. The first-order valence-corrected chi connectivity index (χ1v) is 15.5. The molecule has 0 heterocycles. The predicted octanol–water partition coefficient (Wildman–Crippen LogP) is 7.48. The monoisotopic (exact) mass is 562 g/mol. The fourth-order valence-corrected chi connectivity index (χ4v) is 9.70. The van der Waals surface area contributed by atoms with E-state index < -0.39 is 29.7 Å². The van der Waals surface area contributed by atoms with Crippen LogP contribution in [0.15, 0.2) is 11.4 Å². The van der Waals surface area contributed by atoms with Gasteiger partial charge in [-0.1, -0.05) is 27.2 Å². The number of rotatable bonds is 8. The summed E-state index contributed by atoms with van der Waals surface area (Å²) >= 11 is 0. The van der Waals surface area contributed by atoms with Gasteiger partial charge in [-0.05, 0) is 105 Å². The first kappa shape index (κ1) is 31.0. The Hall–Kier alpha value is -1.92. The number of hydrogen-bond donors (Lipinski definition) is 0. The van der Waals surface area contributed by atoms with Crippen molar-refractivity contribution in [1.82, 2.24) is 0 Å². The van der Waals surface area contributed by atoms with Crippen LogP contribution in [0.3, 0.4) is 0 Å². The number of carbonyl (C=O) groups is 3. The number of carbonyl (C=O) groups excluding carboxylic acids is 3. The van der Waals surface area contributed by atoms with Gasteiger partial charge in [0, 0.05) is 33.1 Å². The van der Waals surface area contributed by atoms with Gasteiger partial charge >= 0.3 is 17.9 Å². The van der Waals surface area contributed by atoms with Crippen LogP contribution in [-0.4, -0.2) is 35.7 Å². The second kappa shape index (κ2) is 11.4. The highest BCUT2D eigenvalue weighted by Crippen LogP contribution is 2.68. The highest BCUT2D eigenvalue weighted by Gasteiger charge is 2.62.